The molecule has 12 heteroatoms. The van der Waals surface area contributed by atoms with E-state index in [0.717, 1.165) is 0 Å². The lowest BCUT2D eigenvalue weighted by Gasteiger charge is -2.17. The molecule has 0 aromatic carbocycles. The van der Waals surface area contributed by atoms with Gasteiger partial charge in [0.25, 0.3) is 0 Å². The van der Waals surface area contributed by atoms with Crippen molar-refractivity contribution in [2.45, 2.75) is 50.1 Å². The fourth-order valence-electron chi connectivity index (χ4n) is 1.60. The predicted molar refractivity (Wildman–Crippen MR) is 77.1 cm³/mol. The minimum absolute atomic E-state index is 0.126. The zero-order valence-corrected chi connectivity index (χ0v) is 13.6. The highest BCUT2D eigenvalue weighted by Crippen LogP contribution is 2.04. The molecular formula is C14H21O12-. The third kappa shape index (κ3) is 8.71. The molecule has 26 heavy (non-hydrogen) atoms. The number of hydrogen-bond donors (Lipinski definition) is 5. The number of aliphatic hydroxyl groups excluding tert-OH is 4. The lowest BCUT2D eigenvalue weighted by atomic mass is 10.2. The van der Waals surface area contributed by atoms with Gasteiger partial charge in [-0.25, -0.2) is 14.4 Å². The van der Waals surface area contributed by atoms with Crippen molar-refractivity contribution in [3.05, 3.63) is 0 Å². The molecule has 0 radical (unpaired) electrons. The minimum Gasteiger partial charge on any atom is -0.547 e. The van der Waals surface area contributed by atoms with Crippen LogP contribution in [0.5, 0.6) is 0 Å². The largest absolute Gasteiger partial charge is 0.547 e. The summed E-state index contributed by atoms with van der Waals surface area (Å²) in [7, 11) is 0. The summed E-state index contributed by atoms with van der Waals surface area (Å²) >= 11 is 0. The highest BCUT2D eigenvalue weighted by molar-refractivity contribution is 5.84. The molecular weight excluding hydrogens is 360 g/mol. The van der Waals surface area contributed by atoms with Crippen LogP contribution in [-0.2, 0) is 28.7 Å². The third-order valence-corrected chi connectivity index (χ3v) is 3.10. The minimum atomic E-state index is -2.38. The second kappa shape index (κ2) is 12.1. The molecule has 0 spiro atoms. The summed E-state index contributed by atoms with van der Waals surface area (Å²) in [6, 6.07) is 0. The summed E-state index contributed by atoms with van der Waals surface area (Å²) < 4.78 is 9.14. The Kier molecular flexibility index (Phi) is 11.1. The Hall–Kier alpha value is -2.28. The van der Waals surface area contributed by atoms with Gasteiger partial charge in [0.1, 0.15) is 6.10 Å². The van der Waals surface area contributed by atoms with Gasteiger partial charge >= 0.3 is 17.9 Å². The van der Waals surface area contributed by atoms with E-state index in [-0.39, 0.29) is 13.2 Å². The summed E-state index contributed by atoms with van der Waals surface area (Å²) in [5, 5.41) is 54.8. The zero-order valence-electron chi connectivity index (χ0n) is 13.6. The maximum Gasteiger partial charge on any atom is 0.338 e. The van der Waals surface area contributed by atoms with Gasteiger partial charge < -0.3 is 44.9 Å². The molecule has 0 aromatic rings. The molecule has 0 fully saturated rings. The molecule has 0 saturated heterocycles. The van der Waals surface area contributed by atoms with Crippen LogP contribution in [0.2, 0.25) is 0 Å². The Morgan fingerprint density at radius 3 is 1.42 bits per heavy atom. The van der Waals surface area contributed by atoms with Crippen molar-refractivity contribution in [2.24, 2.45) is 0 Å². The first-order chi connectivity index (χ1) is 12.1. The first kappa shape index (κ1) is 23.7. The summed E-state index contributed by atoms with van der Waals surface area (Å²) in [4.78, 5) is 43.0. The van der Waals surface area contributed by atoms with E-state index in [0.29, 0.717) is 25.7 Å². The smallest absolute Gasteiger partial charge is 0.338 e. The highest BCUT2D eigenvalue weighted by atomic mass is 16.6. The number of unbranched alkanes of at least 4 members (excludes halogenated alkanes) is 3. The van der Waals surface area contributed by atoms with E-state index in [1.807, 2.05) is 0 Å². The molecule has 5 N–H and O–H groups in total. The van der Waals surface area contributed by atoms with Crippen LogP contribution in [0.3, 0.4) is 0 Å². The van der Waals surface area contributed by atoms with E-state index in [9.17, 15) is 24.3 Å². The number of carbonyl (C=O) groups excluding carboxylic acids is 3. The van der Waals surface area contributed by atoms with Crippen molar-refractivity contribution < 1.29 is 59.3 Å². The number of aliphatic hydroxyl groups is 4. The van der Waals surface area contributed by atoms with E-state index >= 15 is 0 Å². The molecule has 0 aliphatic heterocycles. The van der Waals surface area contributed by atoms with Crippen molar-refractivity contribution in [3.63, 3.8) is 0 Å². The lowest BCUT2D eigenvalue weighted by Crippen LogP contribution is -2.47. The van der Waals surface area contributed by atoms with Crippen LogP contribution in [0.15, 0.2) is 0 Å². The topological polar surface area (TPSA) is 211 Å². The average Bonchev–Trinajstić information content (AvgIpc) is 2.60. The number of ether oxygens (including phenoxy) is 2. The molecule has 0 aromatic heterocycles. The second-order valence-corrected chi connectivity index (χ2v) is 5.19. The van der Waals surface area contributed by atoms with Gasteiger partial charge in [-0.2, -0.15) is 0 Å². The Bertz CT molecular complexity index is 446. The number of esters is 2. The Morgan fingerprint density at radius 1 is 0.692 bits per heavy atom. The van der Waals surface area contributed by atoms with Gasteiger partial charge in [0.2, 0.25) is 0 Å². The molecule has 0 heterocycles. The van der Waals surface area contributed by atoms with E-state index < -0.39 is 48.3 Å². The molecule has 150 valence electrons. The zero-order chi connectivity index (χ0) is 20.3. The molecule has 0 bridgehead atoms. The van der Waals surface area contributed by atoms with Crippen molar-refractivity contribution in [1.82, 2.24) is 0 Å². The molecule has 12 nitrogen and oxygen atoms in total. The van der Waals surface area contributed by atoms with Crippen LogP contribution in [0.4, 0.5) is 0 Å². The van der Waals surface area contributed by atoms with E-state index in [1.165, 1.54) is 0 Å². The molecule has 4 unspecified atom stereocenters. The van der Waals surface area contributed by atoms with E-state index in [2.05, 4.69) is 9.47 Å². The van der Waals surface area contributed by atoms with Crippen LogP contribution in [0, 0.1) is 0 Å². The number of carboxylic acid groups (broad SMARTS) is 2. The van der Waals surface area contributed by atoms with Crippen molar-refractivity contribution >= 4 is 23.9 Å². The maximum atomic E-state index is 11.2. The van der Waals surface area contributed by atoms with E-state index in [4.69, 9.17) is 25.5 Å². The number of carboxylic acids is 2. The van der Waals surface area contributed by atoms with Gasteiger partial charge in [-0.1, -0.05) is 0 Å². The number of hydrogen-bond acceptors (Lipinski definition) is 11. The number of carbonyl (C=O) groups is 4. The fraction of sp³-hybridized carbons (Fsp3) is 0.714. The van der Waals surface area contributed by atoms with E-state index in [1.54, 1.807) is 0 Å². The van der Waals surface area contributed by atoms with Crippen molar-refractivity contribution in [2.75, 3.05) is 13.2 Å². The van der Waals surface area contributed by atoms with Crippen LogP contribution < -0.4 is 5.11 Å². The van der Waals surface area contributed by atoms with Gasteiger partial charge in [-0.15, -0.1) is 0 Å². The van der Waals surface area contributed by atoms with Crippen LogP contribution in [0.25, 0.3) is 0 Å². The van der Waals surface area contributed by atoms with Crippen molar-refractivity contribution in [3.8, 4) is 0 Å². The second-order valence-electron chi connectivity index (χ2n) is 5.19. The van der Waals surface area contributed by atoms with Gasteiger partial charge in [0, 0.05) is 0 Å². The molecule has 0 aliphatic rings. The monoisotopic (exact) mass is 381 g/mol. The summed E-state index contributed by atoms with van der Waals surface area (Å²) in [6.45, 7) is -0.266. The van der Waals surface area contributed by atoms with Gasteiger partial charge in [-0.3, -0.25) is 0 Å². The molecule has 0 aliphatic carbocycles. The summed E-state index contributed by atoms with van der Waals surface area (Å²) in [6.07, 6.45) is -7.39. The first-order valence-electron chi connectivity index (χ1n) is 7.58. The molecule has 0 rings (SSSR count). The first-order valence-corrected chi connectivity index (χ1v) is 7.58. The van der Waals surface area contributed by atoms with Crippen LogP contribution in [-0.4, -0.2) is 87.0 Å². The predicted octanol–water partition coefficient (Wildman–Crippen LogP) is -4.09. The highest BCUT2D eigenvalue weighted by Gasteiger charge is 2.31. The number of rotatable bonds is 13. The van der Waals surface area contributed by atoms with Crippen molar-refractivity contribution in [1.29, 1.82) is 0 Å². The van der Waals surface area contributed by atoms with Crippen LogP contribution in [0.1, 0.15) is 25.7 Å². The molecule has 0 amide bonds. The SMILES string of the molecule is O=C([O-])C(O)C(O)C(=O)OCCCCCCOC(=O)C(O)C(O)C(=O)O. The van der Waals surface area contributed by atoms with Crippen LogP contribution >= 0.6 is 0 Å². The fourth-order valence-corrected chi connectivity index (χ4v) is 1.60. The Balaban J connectivity index is 3.77. The summed E-state index contributed by atoms with van der Waals surface area (Å²) in [5.41, 5.74) is 0. The molecule has 4 atom stereocenters. The quantitative estimate of drug-likeness (QED) is 0.152. The lowest BCUT2D eigenvalue weighted by molar-refractivity contribution is -0.318. The Labute approximate surface area is 147 Å². The molecule has 0 saturated carbocycles. The van der Waals surface area contributed by atoms with Gasteiger partial charge in [0.15, 0.2) is 18.3 Å². The average molecular weight is 381 g/mol. The maximum absolute atomic E-state index is 11.2. The Morgan fingerprint density at radius 2 is 1.08 bits per heavy atom. The van der Waals surface area contributed by atoms with Gasteiger partial charge in [0.05, 0.1) is 19.2 Å². The normalized spacial score (nSPS) is 15.4. The summed E-state index contributed by atoms with van der Waals surface area (Å²) in [5.74, 6) is -6.35. The third-order valence-electron chi connectivity index (χ3n) is 3.10. The van der Waals surface area contributed by atoms with Gasteiger partial charge in [-0.05, 0) is 25.7 Å². The number of aliphatic carboxylic acids is 2. The standard InChI is InChI=1S/C14H22O12/c15-7(11(19)20)9(17)13(23)25-5-3-1-2-4-6-26-14(24)10(18)8(16)12(21)22/h7-10,15-18H,1-6H2,(H,19,20)(H,21,22)/p-1.